The summed E-state index contributed by atoms with van der Waals surface area (Å²) in [6.07, 6.45) is 2.38. The van der Waals surface area contributed by atoms with Crippen molar-refractivity contribution in [2.45, 2.75) is 43.7 Å². The van der Waals surface area contributed by atoms with E-state index < -0.39 is 11.5 Å². The van der Waals surface area contributed by atoms with E-state index in [1.807, 2.05) is 35.2 Å². The van der Waals surface area contributed by atoms with E-state index in [1.54, 1.807) is 6.07 Å². The minimum Gasteiger partial charge on any atom is -0.465 e. The molecule has 2 amide bonds. The predicted molar refractivity (Wildman–Crippen MR) is 116 cm³/mol. The number of carboxylic acid groups (broad SMARTS) is 1. The summed E-state index contributed by atoms with van der Waals surface area (Å²) in [7, 11) is 0. The molecule has 1 atom stereocenters. The van der Waals surface area contributed by atoms with Crippen molar-refractivity contribution in [3.8, 4) is 6.07 Å². The van der Waals surface area contributed by atoms with Crippen LogP contribution in [0.25, 0.3) is 0 Å². The summed E-state index contributed by atoms with van der Waals surface area (Å²) in [5.74, 6) is 0.111. The highest BCUT2D eigenvalue weighted by Crippen LogP contribution is 2.59. The SMILES string of the molecule is N#Cc1ccccc1CN1C(=O)C2(CC2)c2cccc(N3CCC[C@@H](NC(=O)O)C3)c21. The lowest BCUT2D eigenvalue weighted by Crippen LogP contribution is -2.47. The van der Waals surface area contributed by atoms with Crippen molar-refractivity contribution in [3.63, 3.8) is 0 Å². The molecular formula is C24H24N4O3. The Hall–Kier alpha value is -3.53. The Balaban J connectivity index is 1.54. The van der Waals surface area contributed by atoms with Crippen molar-refractivity contribution in [2.75, 3.05) is 22.9 Å². The Kier molecular flexibility index (Phi) is 4.58. The highest BCUT2D eigenvalue weighted by molar-refractivity contribution is 6.12. The van der Waals surface area contributed by atoms with E-state index in [-0.39, 0.29) is 11.9 Å². The number of hydrogen-bond donors (Lipinski definition) is 2. The maximum atomic E-state index is 13.5. The zero-order valence-corrected chi connectivity index (χ0v) is 17.2. The molecule has 1 spiro atoms. The molecule has 3 aliphatic rings. The largest absolute Gasteiger partial charge is 0.465 e. The first kappa shape index (κ1) is 19.4. The third-order valence-electron chi connectivity index (χ3n) is 6.76. The van der Waals surface area contributed by atoms with Crippen LogP contribution in [-0.4, -0.2) is 36.2 Å². The standard InChI is InChI=1S/C24H24N4O3/c25-13-16-5-1-2-6-17(16)14-28-21-19(24(10-11-24)22(28)29)8-3-9-20(21)27-12-4-7-18(15-27)26-23(30)31/h1-3,5-6,8-9,18,26H,4,7,10-12,14-15H2,(H,30,31)/t18-/m1/s1. The van der Waals surface area contributed by atoms with Crippen molar-refractivity contribution in [3.05, 3.63) is 59.2 Å². The number of piperidine rings is 1. The number of nitriles is 1. The molecular weight excluding hydrogens is 392 g/mol. The van der Waals surface area contributed by atoms with E-state index in [0.29, 0.717) is 18.7 Å². The van der Waals surface area contributed by atoms with Gasteiger partial charge in [-0.15, -0.1) is 0 Å². The van der Waals surface area contributed by atoms with Crippen LogP contribution >= 0.6 is 0 Å². The van der Waals surface area contributed by atoms with Crippen molar-refractivity contribution in [1.82, 2.24) is 5.32 Å². The molecule has 5 rings (SSSR count). The predicted octanol–water partition coefficient (Wildman–Crippen LogP) is 3.37. The van der Waals surface area contributed by atoms with Gasteiger partial charge >= 0.3 is 6.09 Å². The van der Waals surface area contributed by atoms with Gasteiger partial charge < -0.3 is 20.2 Å². The van der Waals surface area contributed by atoms with E-state index in [1.165, 1.54) is 0 Å². The fourth-order valence-corrected chi connectivity index (χ4v) is 5.12. The summed E-state index contributed by atoms with van der Waals surface area (Å²) in [5.41, 5.74) is 3.95. The summed E-state index contributed by atoms with van der Waals surface area (Å²) >= 11 is 0. The minimum atomic E-state index is -1.01. The Morgan fingerprint density at radius 2 is 2.03 bits per heavy atom. The molecule has 1 saturated carbocycles. The fourth-order valence-electron chi connectivity index (χ4n) is 5.12. The molecule has 2 aliphatic heterocycles. The smallest absolute Gasteiger partial charge is 0.404 e. The number of para-hydroxylation sites is 1. The summed E-state index contributed by atoms with van der Waals surface area (Å²) < 4.78 is 0. The number of rotatable bonds is 4. The molecule has 1 aliphatic carbocycles. The van der Waals surface area contributed by atoms with Crippen LogP contribution in [0.4, 0.5) is 16.2 Å². The van der Waals surface area contributed by atoms with Crippen LogP contribution in [0.1, 0.15) is 42.4 Å². The van der Waals surface area contributed by atoms with Crippen LogP contribution in [0.15, 0.2) is 42.5 Å². The Morgan fingerprint density at radius 1 is 1.23 bits per heavy atom. The first-order chi connectivity index (χ1) is 15.0. The van der Waals surface area contributed by atoms with E-state index in [4.69, 9.17) is 5.11 Å². The Bertz CT molecular complexity index is 1100. The zero-order chi connectivity index (χ0) is 21.6. The normalized spacial score (nSPS) is 21.0. The molecule has 31 heavy (non-hydrogen) atoms. The Morgan fingerprint density at radius 3 is 2.77 bits per heavy atom. The second-order valence-electron chi connectivity index (χ2n) is 8.65. The van der Waals surface area contributed by atoms with Crippen molar-refractivity contribution < 1.29 is 14.7 Å². The first-order valence-corrected chi connectivity index (χ1v) is 10.7. The first-order valence-electron chi connectivity index (χ1n) is 10.7. The highest BCUT2D eigenvalue weighted by atomic mass is 16.4. The van der Waals surface area contributed by atoms with Crippen LogP contribution in [0, 0.1) is 11.3 Å². The molecule has 1 saturated heterocycles. The van der Waals surface area contributed by atoms with Crippen molar-refractivity contribution >= 4 is 23.4 Å². The van der Waals surface area contributed by atoms with E-state index in [0.717, 1.165) is 54.7 Å². The second-order valence-corrected chi connectivity index (χ2v) is 8.65. The molecule has 0 bridgehead atoms. The molecule has 0 radical (unpaired) electrons. The van der Waals surface area contributed by atoms with Crippen LogP contribution in [-0.2, 0) is 16.8 Å². The van der Waals surface area contributed by atoms with Crippen LogP contribution in [0.2, 0.25) is 0 Å². The number of benzene rings is 2. The second kappa shape index (κ2) is 7.31. The van der Waals surface area contributed by atoms with E-state index in [9.17, 15) is 14.9 Å². The summed E-state index contributed by atoms with van der Waals surface area (Å²) in [6.45, 7) is 1.75. The third kappa shape index (κ3) is 3.19. The van der Waals surface area contributed by atoms with Gasteiger partial charge in [0.25, 0.3) is 0 Å². The van der Waals surface area contributed by atoms with Gasteiger partial charge in [-0.2, -0.15) is 5.26 Å². The lowest BCUT2D eigenvalue weighted by atomic mass is 9.96. The average Bonchev–Trinajstić information content (AvgIpc) is 3.54. The van der Waals surface area contributed by atoms with Gasteiger partial charge in [-0.05, 0) is 48.9 Å². The van der Waals surface area contributed by atoms with Gasteiger partial charge in [0, 0.05) is 19.1 Å². The van der Waals surface area contributed by atoms with Crippen molar-refractivity contribution in [2.24, 2.45) is 0 Å². The molecule has 158 valence electrons. The quantitative estimate of drug-likeness (QED) is 0.797. The van der Waals surface area contributed by atoms with Gasteiger partial charge in [-0.25, -0.2) is 4.79 Å². The molecule has 2 aromatic carbocycles. The van der Waals surface area contributed by atoms with Gasteiger partial charge in [0.1, 0.15) is 0 Å². The van der Waals surface area contributed by atoms with Gasteiger partial charge in [0.05, 0.1) is 35.0 Å². The number of carbonyl (C=O) groups excluding carboxylic acids is 1. The van der Waals surface area contributed by atoms with Crippen LogP contribution in [0.3, 0.4) is 0 Å². The molecule has 0 aromatic heterocycles. The monoisotopic (exact) mass is 416 g/mol. The highest BCUT2D eigenvalue weighted by Gasteiger charge is 2.59. The van der Waals surface area contributed by atoms with Crippen LogP contribution < -0.4 is 15.1 Å². The van der Waals surface area contributed by atoms with Gasteiger partial charge in [0.15, 0.2) is 0 Å². The van der Waals surface area contributed by atoms with E-state index in [2.05, 4.69) is 22.4 Å². The summed E-state index contributed by atoms with van der Waals surface area (Å²) in [6, 6.07) is 15.6. The van der Waals surface area contributed by atoms with Crippen molar-refractivity contribution in [1.29, 1.82) is 5.26 Å². The fraction of sp³-hybridized carbons (Fsp3) is 0.375. The molecule has 2 fully saturated rings. The van der Waals surface area contributed by atoms with Gasteiger partial charge in [-0.3, -0.25) is 4.79 Å². The lowest BCUT2D eigenvalue weighted by molar-refractivity contribution is -0.120. The molecule has 7 nitrogen and oxygen atoms in total. The van der Waals surface area contributed by atoms with E-state index >= 15 is 0 Å². The summed E-state index contributed by atoms with van der Waals surface area (Å²) in [5, 5.41) is 21.3. The minimum absolute atomic E-state index is 0.111. The Labute approximate surface area is 180 Å². The lowest BCUT2D eigenvalue weighted by Gasteiger charge is -2.36. The number of nitrogens with zero attached hydrogens (tertiary/aromatic N) is 3. The molecule has 7 heteroatoms. The maximum absolute atomic E-state index is 13.5. The number of hydrogen-bond acceptors (Lipinski definition) is 4. The number of fused-ring (bicyclic) bond motifs is 2. The third-order valence-corrected chi connectivity index (χ3v) is 6.76. The molecule has 2 heterocycles. The van der Waals surface area contributed by atoms with Gasteiger partial charge in [0.2, 0.25) is 5.91 Å². The molecule has 2 N–H and O–H groups in total. The topological polar surface area (TPSA) is 96.7 Å². The molecule has 0 unspecified atom stereocenters. The number of anilines is 2. The summed E-state index contributed by atoms with van der Waals surface area (Å²) in [4.78, 5) is 28.7. The number of nitrogens with one attached hydrogen (secondary N) is 1. The number of amides is 2. The van der Waals surface area contributed by atoms with Gasteiger partial charge in [-0.1, -0.05) is 30.3 Å². The molecule has 2 aromatic rings. The zero-order valence-electron chi connectivity index (χ0n) is 17.2. The van der Waals surface area contributed by atoms with Crippen LogP contribution in [0.5, 0.6) is 0 Å². The number of carbonyl (C=O) groups is 2. The average molecular weight is 416 g/mol. The maximum Gasteiger partial charge on any atom is 0.404 e.